The highest BCUT2D eigenvalue weighted by molar-refractivity contribution is 4.97. The Balaban J connectivity index is 1.63. The lowest BCUT2D eigenvalue weighted by Gasteiger charge is -2.43. The SMILES string of the molecule is Cc1noc(C2CN(CC3(O)CCC(C)CC3)CCN2C)n1. The molecule has 0 radical (unpaired) electrons. The van der Waals surface area contributed by atoms with Gasteiger partial charge in [0.2, 0.25) is 5.89 Å². The first kappa shape index (κ1) is 15.9. The fourth-order valence-corrected chi connectivity index (χ4v) is 3.66. The number of hydrogen-bond acceptors (Lipinski definition) is 6. The Kier molecular flexibility index (Phi) is 4.52. The molecule has 1 atom stereocenters. The number of nitrogens with zero attached hydrogens (tertiary/aromatic N) is 4. The summed E-state index contributed by atoms with van der Waals surface area (Å²) in [6, 6.07) is 0.126. The minimum atomic E-state index is -0.516. The van der Waals surface area contributed by atoms with Crippen LogP contribution in [-0.4, -0.2) is 63.9 Å². The Morgan fingerprint density at radius 3 is 2.68 bits per heavy atom. The van der Waals surface area contributed by atoms with Gasteiger partial charge in [-0.3, -0.25) is 9.80 Å². The molecule has 1 aliphatic heterocycles. The smallest absolute Gasteiger partial charge is 0.245 e. The van der Waals surface area contributed by atoms with Crippen molar-refractivity contribution in [1.82, 2.24) is 19.9 Å². The molecule has 6 nitrogen and oxygen atoms in total. The van der Waals surface area contributed by atoms with Crippen LogP contribution in [0.5, 0.6) is 0 Å². The van der Waals surface area contributed by atoms with Crippen molar-refractivity contribution >= 4 is 0 Å². The maximum Gasteiger partial charge on any atom is 0.245 e. The largest absolute Gasteiger partial charge is 0.389 e. The summed E-state index contributed by atoms with van der Waals surface area (Å²) in [6.07, 6.45) is 4.11. The predicted molar refractivity (Wildman–Crippen MR) is 83.4 cm³/mol. The highest BCUT2D eigenvalue weighted by Gasteiger charge is 2.37. The number of likely N-dealkylation sites (N-methyl/N-ethyl adjacent to an activating group) is 1. The van der Waals surface area contributed by atoms with Crippen molar-refractivity contribution in [3.63, 3.8) is 0 Å². The third kappa shape index (κ3) is 3.50. The van der Waals surface area contributed by atoms with Crippen molar-refractivity contribution in [2.75, 3.05) is 33.2 Å². The molecule has 1 N–H and O–H groups in total. The second-order valence-corrected chi connectivity index (χ2v) is 7.32. The van der Waals surface area contributed by atoms with Crippen LogP contribution in [0.2, 0.25) is 0 Å². The second kappa shape index (κ2) is 6.26. The highest BCUT2D eigenvalue weighted by Crippen LogP contribution is 2.33. The van der Waals surface area contributed by atoms with Crippen LogP contribution in [0, 0.1) is 12.8 Å². The summed E-state index contributed by atoms with van der Waals surface area (Å²) in [5.74, 6) is 2.12. The van der Waals surface area contributed by atoms with E-state index in [0.29, 0.717) is 11.7 Å². The third-order valence-electron chi connectivity index (χ3n) is 5.28. The molecule has 0 bridgehead atoms. The molecule has 2 heterocycles. The Labute approximate surface area is 132 Å². The molecule has 22 heavy (non-hydrogen) atoms. The first-order valence-corrected chi connectivity index (χ1v) is 8.40. The maximum absolute atomic E-state index is 10.9. The molecule has 1 saturated carbocycles. The summed E-state index contributed by atoms with van der Waals surface area (Å²) in [5, 5.41) is 14.8. The number of aromatic nitrogens is 2. The molecule has 3 rings (SSSR count). The van der Waals surface area contributed by atoms with E-state index < -0.39 is 5.60 Å². The van der Waals surface area contributed by atoms with Gasteiger partial charge in [0.1, 0.15) is 6.04 Å². The van der Waals surface area contributed by atoms with Gasteiger partial charge >= 0.3 is 0 Å². The Bertz CT molecular complexity index is 496. The monoisotopic (exact) mass is 308 g/mol. The van der Waals surface area contributed by atoms with Gasteiger partial charge in [-0.1, -0.05) is 12.1 Å². The van der Waals surface area contributed by atoms with Gasteiger partial charge in [-0.2, -0.15) is 4.98 Å². The molecule has 124 valence electrons. The van der Waals surface area contributed by atoms with Gasteiger partial charge in [-0.15, -0.1) is 0 Å². The first-order valence-electron chi connectivity index (χ1n) is 8.40. The van der Waals surface area contributed by atoms with E-state index in [1.807, 2.05) is 6.92 Å². The molecule has 6 heteroatoms. The van der Waals surface area contributed by atoms with Crippen molar-refractivity contribution in [3.8, 4) is 0 Å². The first-order chi connectivity index (χ1) is 10.5. The number of piperazine rings is 1. The van der Waals surface area contributed by atoms with Crippen molar-refractivity contribution in [3.05, 3.63) is 11.7 Å². The van der Waals surface area contributed by atoms with E-state index in [-0.39, 0.29) is 6.04 Å². The molecule has 0 aromatic carbocycles. The van der Waals surface area contributed by atoms with E-state index in [9.17, 15) is 5.11 Å². The quantitative estimate of drug-likeness (QED) is 0.915. The van der Waals surface area contributed by atoms with Crippen LogP contribution in [0.4, 0.5) is 0 Å². The molecule has 0 spiro atoms. The molecular weight excluding hydrogens is 280 g/mol. The molecule has 1 aromatic rings. The van der Waals surface area contributed by atoms with E-state index >= 15 is 0 Å². The second-order valence-electron chi connectivity index (χ2n) is 7.32. The molecular formula is C16H28N4O2. The number of aryl methyl sites for hydroxylation is 1. The van der Waals surface area contributed by atoms with Crippen molar-refractivity contribution < 1.29 is 9.63 Å². The van der Waals surface area contributed by atoms with Crippen LogP contribution < -0.4 is 0 Å². The summed E-state index contributed by atoms with van der Waals surface area (Å²) >= 11 is 0. The molecule has 2 fully saturated rings. The molecule has 1 unspecified atom stereocenters. The van der Waals surface area contributed by atoms with Crippen LogP contribution in [0.1, 0.15) is 50.4 Å². The standard InChI is InChI=1S/C16H28N4O2/c1-12-4-6-16(21,7-5-12)11-20-9-8-19(3)14(10-20)15-17-13(2)18-22-15/h12,14,21H,4-11H2,1-3H3. The van der Waals surface area contributed by atoms with Crippen LogP contribution in [-0.2, 0) is 0 Å². The molecule has 1 aromatic heterocycles. The maximum atomic E-state index is 10.9. The predicted octanol–water partition coefficient (Wildman–Crippen LogP) is 1.61. The van der Waals surface area contributed by atoms with Gasteiger partial charge in [0.05, 0.1) is 5.60 Å². The van der Waals surface area contributed by atoms with Gasteiger partial charge in [0, 0.05) is 26.2 Å². The molecule has 0 amide bonds. The fourth-order valence-electron chi connectivity index (χ4n) is 3.66. The summed E-state index contributed by atoms with van der Waals surface area (Å²) in [7, 11) is 2.10. The van der Waals surface area contributed by atoms with Crippen LogP contribution in [0.15, 0.2) is 4.52 Å². The highest BCUT2D eigenvalue weighted by atomic mass is 16.5. The Hall–Kier alpha value is -0.980. The van der Waals surface area contributed by atoms with Crippen molar-refractivity contribution in [2.45, 2.75) is 51.2 Å². The van der Waals surface area contributed by atoms with Gasteiger partial charge in [0.25, 0.3) is 0 Å². The number of β-amino-alcohol motifs (C(OH)–C–C–N with tert-alkyl or cyclic N) is 1. The van der Waals surface area contributed by atoms with Gasteiger partial charge in [-0.05, 0) is 45.6 Å². The van der Waals surface area contributed by atoms with E-state index in [1.54, 1.807) is 0 Å². The lowest BCUT2D eigenvalue weighted by atomic mass is 9.79. The lowest BCUT2D eigenvalue weighted by Crippen LogP contribution is -2.53. The Morgan fingerprint density at radius 2 is 2.05 bits per heavy atom. The summed E-state index contributed by atoms with van der Waals surface area (Å²) in [6.45, 7) is 7.67. The number of aliphatic hydroxyl groups is 1. The molecule has 2 aliphatic rings. The van der Waals surface area contributed by atoms with Gasteiger partial charge in [0.15, 0.2) is 5.82 Å². The minimum absolute atomic E-state index is 0.126. The zero-order valence-electron chi connectivity index (χ0n) is 14.0. The third-order valence-corrected chi connectivity index (χ3v) is 5.28. The fraction of sp³-hybridized carbons (Fsp3) is 0.875. The van der Waals surface area contributed by atoms with E-state index in [1.165, 1.54) is 0 Å². The molecule has 1 saturated heterocycles. The topological polar surface area (TPSA) is 65.6 Å². The average molecular weight is 308 g/mol. The molecule has 1 aliphatic carbocycles. The van der Waals surface area contributed by atoms with E-state index in [4.69, 9.17) is 4.52 Å². The normalized spacial score (nSPS) is 34.9. The van der Waals surface area contributed by atoms with E-state index in [2.05, 4.69) is 33.9 Å². The van der Waals surface area contributed by atoms with Gasteiger partial charge < -0.3 is 9.63 Å². The van der Waals surface area contributed by atoms with Crippen LogP contribution in [0.3, 0.4) is 0 Å². The number of rotatable bonds is 3. The van der Waals surface area contributed by atoms with Crippen LogP contribution in [0.25, 0.3) is 0 Å². The minimum Gasteiger partial charge on any atom is -0.389 e. The Morgan fingerprint density at radius 1 is 1.32 bits per heavy atom. The zero-order valence-corrected chi connectivity index (χ0v) is 14.0. The van der Waals surface area contributed by atoms with E-state index in [0.717, 1.165) is 57.8 Å². The van der Waals surface area contributed by atoms with Crippen molar-refractivity contribution in [1.29, 1.82) is 0 Å². The van der Waals surface area contributed by atoms with Crippen LogP contribution >= 0.6 is 0 Å². The van der Waals surface area contributed by atoms with Gasteiger partial charge in [-0.25, -0.2) is 0 Å². The summed E-state index contributed by atoms with van der Waals surface area (Å²) < 4.78 is 5.36. The van der Waals surface area contributed by atoms with Crippen molar-refractivity contribution in [2.24, 2.45) is 5.92 Å². The lowest BCUT2D eigenvalue weighted by molar-refractivity contribution is -0.0508. The summed E-state index contributed by atoms with van der Waals surface area (Å²) in [5.41, 5.74) is -0.516. The average Bonchev–Trinajstić information content (AvgIpc) is 2.91. The summed E-state index contributed by atoms with van der Waals surface area (Å²) in [4.78, 5) is 9.01. The number of hydrogen-bond donors (Lipinski definition) is 1. The zero-order chi connectivity index (χ0) is 15.7.